The molecule has 4 rings (SSSR count). The molecule has 2 N–H and O–H groups in total. The van der Waals surface area contributed by atoms with Gasteiger partial charge >= 0.3 is 0 Å². The summed E-state index contributed by atoms with van der Waals surface area (Å²) in [7, 11) is 0. The molecule has 3 aromatic rings. The van der Waals surface area contributed by atoms with Gasteiger partial charge in [0.2, 0.25) is 5.71 Å². The van der Waals surface area contributed by atoms with Crippen molar-refractivity contribution in [1.29, 1.82) is 0 Å². The van der Waals surface area contributed by atoms with E-state index in [-0.39, 0.29) is 12.6 Å². The molecule has 1 aliphatic rings. The van der Waals surface area contributed by atoms with Crippen molar-refractivity contribution in [3.05, 3.63) is 23.1 Å². The summed E-state index contributed by atoms with van der Waals surface area (Å²) >= 11 is 0. The Morgan fingerprint density at radius 3 is 2.67 bits per heavy atom. The average molecular weight is 368 g/mol. The molecule has 1 aliphatic carbocycles. The van der Waals surface area contributed by atoms with E-state index < -0.39 is 0 Å². The van der Waals surface area contributed by atoms with E-state index in [1.807, 2.05) is 6.92 Å². The zero-order valence-corrected chi connectivity index (χ0v) is 16.4. The predicted molar refractivity (Wildman–Crippen MR) is 107 cm³/mol. The Morgan fingerprint density at radius 2 is 1.96 bits per heavy atom. The van der Waals surface area contributed by atoms with Crippen LogP contribution in [0.15, 0.2) is 10.7 Å². The molecule has 0 saturated carbocycles. The van der Waals surface area contributed by atoms with Crippen molar-refractivity contribution in [3.63, 3.8) is 0 Å². The summed E-state index contributed by atoms with van der Waals surface area (Å²) in [5, 5.41) is 13.9. The quantitative estimate of drug-likeness (QED) is 0.683. The summed E-state index contributed by atoms with van der Waals surface area (Å²) in [6.45, 7) is 6.54. The summed E-state index contributed by atoms with van der Waals surface area (Å²) in [6.07, 6.45) is 7.89. The molecular weight excluding hydrogens is 340 g/mol. The molecule has 0 bridgehead atoms. The molecule has 0 spiro atoms. The van der Waals surface area contributed by atoms with Gasteiger partial charge in [0.05, 0.1) is 18.0 Å². The average Bonchev–Trinajstić information content (AvgIpc) is 3.05. The third kappa shape index (κ3) is 3.27. The first-order valence-electron chi connectivity index (χ1n) is 10.1. The van der Waals surface area contributed by atoms with Gasteiger partial charge in [0, 0.05) is 5.69 Å². The van der Waals surface area contributed by atoms with Crippen molar-refractivity contribution < 1.29 is 9.52 Å². The summed E-state index contributed by atoms with van der Waals surface area (Å²) < 4.78 is 6.18. The number of rotatable bonds is 6. The van der Waals surface area contributed by atoms with Crippen molar-refractivity contribution in [3.8, 4) is 0 Å². The van der Waals surface area contributed by atoms with Crippen LogP contribution in [0.5, 0.6) is 0 Å². The number of pyridine rings is 1. The number of nitrogens with one attached hydrogen (secondary N) is 1. The number of hydrogen-bond donors (Lipinski definition) is 2. The summed E-state index contributed by atoms with van der Waals surface area (Å²) in [5.74, 6) is 1.19. The second kappa shape index (κ2) is 7.43. The van der Waals surface area contributed by atoms with Crippen LogP contribution < -0.4 is 5.32 Å². The third-order valence-electron chi connectivity index (χ3n) is 5.46. The first-order chi connectivity index (χ1) is 13.1. The molecule has 144 valence electrons. The summed E-state index contributed by atoms with van der Waals surface area (Å²) in [5.41, 5.74) is 6.08. The summed E-state index contributed by atoms with van der Waals surface area (Å²) in [6, 6.07) is -0.0605. The number of nitrogens with zero attached hydrogens (tertiary/aromatic N) is 3. The number of furan rings is 1. The van der Waals surface area contributed by atoms with Crippen LogP contribution in [0.4, 0.5) is 5.82 Å². The first kappa shape index (κ1) is 18.2. The van der Waals surface area contributed by atoms with E-state index in [2.05, 4.69) is 29.1 Å². The van der Waals surface area contributed by atoms with Crippen LogP contribution in [0.2, 0.25) is 0 Å². The molecule has 3 heterocycles. The van der Waals surface area contributed by atoms with Crippen LogP contribution in [-0.4, -0.2) is 32.7 Å². The minimum absolute atomic E-state index is 0.0500. The van der Waals surface area contributed by atoms with Crippen LogP contribution >= 0.6 is 0 Å². The molecule has 0 amide bonds. The van der Waals surface area contributed by atoms with E-state index in [1.54, 1.807) is 6.33 Å². The fraction of sp³-hybridized carbons (Fsp3) is 0.571. The molecule has 0 aromatic carbocycles. The van der Waals surface area contributed by atoms with Gasteiger partial charge in [0.25, 0.3) is 0 Å². The Hall–Kier alpha value is -2.21. The lowest BCUT2D eigenvalue weighted by molar-refractivity contribution is 0.271. The van der Waals surface area contributed by atoms with Gasteiger partial charge < -0.3 is 14.8 Å². The molecule has 27 heavy (non-hydrogen) atoms. The zero-order valence-electron chi connectivity index (χ0n) is 16.4. The van der Waals surface area contributed by atoms with E-state index in [9.17, 15) is 5.11 Å². The molecule has 1 atom stereocenters. The van der Waals surface area contributed by atoms with E-state index in [0.29, 0.717) is 23.0 Å². The maximum atomic E-state index is 9.53. The molecule has 0 radical (unpaired) electrons. The third-order valence-corrected chi connectivity index (χ3v) is 5.46. The first-order valence-corrected chi connectivity index (χ1v) is 10.1. The number of aromatic nitrogens is 3. The molecule has 6 nitrogen and oxygen atoms in total. The number of aliphatic hydroxyl groups is 1. The highest BCUT2D eigenvalue weighted by Crippen LogP contribution is 2.38. The molecule has 1 unspecified atom stereocenters. The van der Waals surface area contributed by atoms with Crippen molar-refractivity contribution in [2.75, 3.05) is 11.9 Å². The molecular formula is C21H28N4O2. The SMILES string of the molecule is CCC(CO)Nc1ncnc2c1oc1nc(CC(C)C)c3c(c12)CCCC3. The van der Waals surface area contributed by atoms with Crippen LogP contribution in [0, 0.1) is 5.92 Å². The smallest absolute Gasteiger partial charge is 0.229 e. The Morgan fingerprint density at radius 1 is 1.19 bits per heavy atom. The van der Waals surface area contributed by atoms with Gasteiger partial charge in [-0.1, -0.05) is 20.8 Å². The van der Waals surface area contributed by atoms with Crippen molar-refractivity contribution in [2.24, 2.45) is 5.92 Å². The zero-order chi connectivity index (χ0) is 19.0. The lowest BCUT2D eigenvalue weighted by Gasteiger charge is -2.20. The number of anilines is 1. The van der Waals surface area contributed by atoms with E-state index in [0.717, 1.165) is 36.6 Å². The van der Waals surface area contributed by atoms with Crippen molar-refractivity contribution in [2.45, 2.75) is 65.3 Å². The van der Waals surface area contributed by atoms with E-state index in [1.165, 1.54) is 29.7 Å². The van der Waals surface area contributed by atoms with Crippen LogP contribution in [0.25, 0.3) is 22.2 Å². The lowest BCUT2D eigenvalue weighted by Crippen LogP contribution is -2.23. The molecule has 0 fully saturated rings. The van der Waals surface area contributed by atoms with Gasteiger partial charge in [-0.25, -0.2) is 15.0 Å². The number of aryl methyl sites for hydroxylation is 1. The van der Waals surface area contributed by atoms with Crippen LogP contribution in [0.3, 0.4) is 0 Å². The van der Waals surface area contributed by atoms with Crippen molar-refractivity contribution >= 4 is 28.0 Å². The van der Waals surface area contributed by atoms with E-state index in [4.69, 9.17) is 9.40 Å². The monoisotopic (exact) mass is 368 g/mol. The molecule has 6 heteroatoms. The normalized spacial score (nSPS) is 15.4. The highest BCUT2D eigenvalue weighted by atomic mass is 16.3. The van der Waals surface area contributed by atoms with Gasteiger partial charge in [0.15, 0.2) is 11.4 Å². The van der Waals surface area contributed by atoms with E-state index >= 15 is 0 Å². The molecule has 0 aliphatic heterocycles. The highest BCUT2D eigenvalue weighted by Gasteiger charge is 2.25. The van der Waals surface area contributed by atoms with Crippen LogP contribution in [0.1, 0.15) is 56.9 Å². The Balaban J connectivity index is 1.93. The van der Waals surface area contributed by atoms with Crippen molar-refractivity contribution in [1.82, 2.24) is 15.0 Å². The summed E-state index contributed by atoms with van der Waals surface area (Å²) in [4.78, 5) is 13.8. The van der Waals surface area contributed by atoms with Gasteiger partial charge in [-0.05, 0) is 55.6 Å². The maximum Gasteiger partial charge on any atom is 0.229 e. The second-order valence-corrected chi connectivity index (χ2v) is 7.93. The Kier molecular flexibility index (Phi) is 5.00. The predicted octanol–water partition coefficient (Wildman–Crippen LogP) is 4.03. The fourth-order valence-corrected chi connectivity index (χ4v) is 4.07. The van der Waals surface area contributed by atoms with Gasteiger partial charge in [-0.3, -0.25) is 0 Å². The Bertz CT molecular complexity index is 960. The van der Waals surface area contributed by atoms with Gasteiger partial charge in [0.1, 0.15) is 11.8 Å². The standard InChI is InChI=1S/C21H28N4O2/c1-4-13(10-26)24-20-19-18(22-11-23-20)17-15-8-6-5-7-14(15)16(9-12(2)3)25-21(17)27-19/h11-13,26H,4-10H2,1-3H3,(H,22,23,24). The van der Waals surface area contributed by atoms with Gasteiger partial charge in [-0.15, -0.1) is 0 Å². The van der Waals surface area contributed by atoms with Gasteiger partial charge in [-0.2, -0.15) is 0 Å². The molecule has 0 saturated heterocycles. The minimum atomic E-state index is -0.0605. The van der Waals surface area contributed by atoms with Crippen LogP contribution in [-0.2, 0) is 19.3 Å². The molecule has 3 aromatic heterocycles. The fourth-order valence-electron chi connectivity index (χ4n) is 4.07. The number of aliphatic hydroxyl groups excluding tert-OH is 1. The lowest BCUT2D eigenvalue weighted by atomic mass is 9.87. The number of fused-ring (bicyclic) bond motifs is 5. The topological polar surface area (TPSA) is 84.1 Å². The number of hydrogen-bond acceptors (Lipinski definition) is 6. The minimum Gasteiger partial charge on any atom is -0.432 e. The largest absolute Gasteiger partial charge is 0.432 e. The second-order valence-electron chi connectivity index (χ2n) is 7.93. The maximum absolute atomic E-state index is 9.53. The highest BCUT2D eigenvalue weighted by molar-refractivity contribution is 6.06. The Labute approximate surface area is 159 Å².